The Labute approximate surface area is 86.4 Å². The minimum Gasteiger partial charge on any atom is -0.473 e. The molecule has 0 unspecified atom stereocenters. The maximum Gasteiger partial charge on any atom is 0.151 e. The summed E-state index contributed by atoms with van der Waals surface area (Å²) in [7, 11) is 0. The van der Waals surface area contributed by atoms with Gasteiger partial charge in [0, 0.05) is 0 Å². The molecule has 0 spiro atoms. The van der Waals surface area contributed by atoms with E-state index in [1.165, 1.54) is 0 Å². The molecule has 1 aromatic rings. The normalized spacial score (nSPS) is 15.7. The Balaban J connectivity index is 0.000000322. The number of furan rings is 1. The van der Waals surface area contributed by atoms with E-state index in [2.05, 4.69) is 4.42 Å². The highest BCUT2D eigenvalue weighted by Crippen LogP contribution is 1.96. The van der Waals surface area contributed by atoms with Crippen molar-refractivity contribution in [2.24, 2.45) is 0 Å². The van der Waals surface area contributed by atoms with Crippen molar-refractivity contribution >= 4 is 6.29 Å². The molecule has 0 bridgehead atoms. The largest absolute Gasteiger partial charge is 0.473 e. The lowest BCUT2D eigenvalue weighted by molar-refractivity contribution is -0.127. The van der Waals surface area contributed by atoms with E-state index in [9.17, 15) is 4.79 Å². The summed E-state index contributed by atoms with van der Waals surface area (Å²) < 4.78 is 4.58. The zero-order chi connectivity index (χ0) is 11.7. The van der Waals surface area contributed by atoms with E-state index in [0.717, 1.165) is 0 Å². The van der Waals surface area contributed by atoms with Gasteiger partial charge in [-0.1, -0.05) is 0 Å². The van der Waals surface area contributed by atoms with Crippen LogP contribution < -0.4 is 0 Å². The van der Waals surface area contributed by atoms with Crippen molar-refractivity contribution in [2.45, 2.75) is 18.3 Å². The van der Waals surface area contributed by atoms with Gasteiger partial charge >= 0.3 is 0 Å². The van der Waals surface area contributed by atoms with Crippen LogP contribution >= 0.6 is 0 Å². The SMILES string of the molecule is O=C[C@H](O)[C@@H](O)[C@H](O)CO.c1ccoc1. The van der Waals surface area contributed by atoms with Crippen LogP contribution in [0.1, 0.15) is 0 Å². The van der Waals surface area contributed by atoms with Gasteiger partial charge in [0.25, 0.3) is 0 Å². The summed E-state index contributed by atoms with van der Waals surface area (Å²) >= 11 is 0. The molecule has 1 aromatic heterocycles. The molecule has 0 saturated carbocycles. The lowest BCUT2D eigenvalue weighted by Crippen LogP contribution is -2.40. The van der Waals surface area contributed by atoms with Gasteiger partial charge in [-0.2, -0.15) is 0 Å². The van der Waals surface area contributed by atoms with Gasteiger partial charge in [0.1, 0.15) is 18.3 Å². The molecule has 0 saturated heterocycles. The topological polar surface area (TPSA) is 111 Å². The molecular weight excluding hydrogens is 204 g/mol. The quantitative estimate of drug-likeness (QED) is 0.460. The van der Waals surface area contributed by atoms with E-state index < -0.39 is 24.9 Å². The summed E-state index contributed by atoms with van der Waals surface area (Å²) in [4.78, 5) is 9.76. The predicted molar refractivity (Wildman–Crippen MR) is 49.9 cm³/mol. The molecule has 86 valence electrons. The van der Waals surface area contributed by atoms with E-state index in [-0.39, 0.29) is 6.29 Å². The highest BCUT2D eigenvalue weighted by atomic mass is 16.4. The first-order chi connectivity index (χ1) is 7.13. The maximum atomic E-state index is 9.76. The second kappa shape index (κ2) is 8.13. The van der Waals surface area contributed by atoms with Gasteiger partial charge in [0.05, 0.1) is 19.1 Å². The molecule has 1 heterocycles. The summed E-state index contributed by atoms with van der Waals surface area (Å²) in [6.07, 6.45) is -1.38. The third-order valence-electron chi connectivity index (χ3n) is 1.50. The van der Waals surface area contributed by atoms with Crippen LogP contribution in [0.15, 0.2) is 29.1 Å². The van der Waals surface area contributed by atoms with Crippen LogP contribution in [0.2, 0.25) is 0 Å². The van der Waals surface area contributed by atoms with Gasteiger partial charge in [-0.25, -0.2) is 0 Å². The van der Waals surface area contributed by atoms with E-state index >= 15 is 0 Å². The second-order valence-corrected chi connectivity index (χ2v) is 2.66. The first-order valence-corrected chi connectivity index (χ1v) is 4.21. The van der Waals surface area contributed by atoms with Crippen LogP contribution in [0.25, 0.3) is 0 Å². The van der Waals surface area contributed by atoms with Gasteiger partial charge in [0.15, 0.2) is 6.29 Å². The summed E-state index contributed by atoms with van der Waals surface area (Å²) in [6.45, 7) is -0.688. The minimum atomic E-state index is -1.64. The lowest BCUT2D eigenvalue weighted by atomic mass is 10.1. The van der Waals surface area contributed by atoms with Crippen molar-refractivity contribution in [3.8, 4) is 0 Å². The fraction of sp³-hybridized carbons (Fsp3) is 0.444. The maximum absolute atomic E-state index is 9.76. The minimum absolute atomic E-state index is 0.0869. The molecule has 0 aromatic carbocycles. The Morgan fingerprint density at radius 3 is 2.00 bits per heavy atom. The molecule has 6 nitrogen and oxygen atoms in total. The summed E-state index contributed by atoms with van der Waals surface area (Å²) in [6, 6.07) is 3.67. The predicted octanol–water partition coefficient (Wildman–Crippen LogP) is -1.46. The van der Waals surface area contributed by atoms with Crippen molar-refractivity contribution < 1.29 is 29.6 Å². The molecule has 0 fully saturated rings. The number of aldehydes is 1. The number of hydrogen-bond acceptors (Lipinski definition) is 6. The Morgan fingerprint density at radius 2 is 1.73 bits per heavy atom. The Morgan fingerprint density at radius 1 is 1.20 bits per heavy atom. The fourth-order valence-corrected chi connectivity index (χ4v) is 0.643. The van der Waals surface area contributed by atoms with Crippen LogP contribution in [-0.4, -0.2) is 51.6 Å². The van der Waals surface area contributed by atoms with E-state index in [1.54, 1.807) is 12.5 Å². The number of hydrogen-bond donors (Lipinski definition) is 4. The Bertz CT molecular complexity index is 218. The van der Waals surface area contributed by atoms with Crippen LogP contribution in [0, 0.1) is 0 Å². The average Bonchev–Trinajstić information content (AvgIpc) is 2.84. The number of rotatable bonds is 4. The van der Waals surface area contributed by atoms with Gasteiger partial charge in [-0.05, 0) is 12.1 Å². The number of aliphatic hydroxyl groups excluding tert-OH is 4. The molecule has 0 amide bonds. The first-order valence-electron chi connectivity index (χ1n) is 4.21. The van der Waals surface area contributed by atoms with Gasteiger partial charge in [-0.15, -0.1) is 0 Å². The molecule has 1 rings (SSSR count). The molecule has 0 aliphatic heterocycles. The van der Waals surface area contributed by atoms with Crippen molar-refractivity contribution in [1.29, 1.82) is 0 Å². The number of aliphatic hydroxyl groups is 4. The molecule has 15 heavy (non-hydrogen) atoms. The summed E-state index contributed by atoms with van der Waals surface area (Å²) in [5, 5.41) is 34.1. The van der Waals surface area contributed by atoms with Crippen molar-refractivity contribution in [3.05, 3.63) is 24.7 Å². The summed E-state index contributed by atoms with van der Waals surface area (Å²) in [5.74, 6) is 0. The van der Waals surface area contributed by atoms with Crippen molar-refractivity contribution in [1.82, 2.24) is 0 Å². The smallest absolute Gasteiger partial charge is 0.151 e. The summed E-state index contributed by atoms with van der Waals surface area (Å²) in [5.41, 5.74) is 0. The molecule has 0 radical (unpaired) electrons. The average molecular weight is 218 g/mol. The third-order valence-corrected chi connectivity index (χ3v) is 1.50. The molecule has 0 aliphatic rings. The van der Waals surface area contributed by atoms with E-state index in [0.29, 0.717) is 0 Å². The standard InChI is InChI=1S/C5H10O5.C4H4O/c6-1-3(8)5(10)4(9)2-7;1-2-4-5-3-1/h1,3-5,7-10H,2H2;1-4H/t3-,4+,5+;/m0./s1. The van der Waals surface area contributed by atoms with Crippen LogP contribution in [0.5, 0.6) is 0 Å². The van der Waals surface area contributed by atoms with Crippen molar-refractivity contribution in [2.75, 3.05) is 6.61 Å². The Hall–Kier alpha value is -1.21. The fourth-order valence-electron chi connectivity index (χ4n) is 0.643. The molecule has 0 aliphatic carbocycles. The first kappa shape index (κ1) is 13.8. The van der Waals surface area contributed by atoms with E-state index in [4.69, 9.17) is 20.4 Å². The monoisotopic (exact) mass is 218 g/mol. The third kappa shape index (κ3) is 5.97. The van der Waals surface area contributed by atoms with Crippen molar-refractivity contribution in [3.63, 3.8) is 0 Å². The van der Waals surface area contributed by atoms with Gasteiger partial charge in [-0.3, -0.25) is 0 Å². The Kier molecular flexibility index (Phi) is 7.47. The molecule has 4 N–H and O–H groups in total. The highest BCUT2D eigenvalue weighted by Gasteiger charge is 2.22. The molecular formula is C9H14O6. The zero-order valence-corrected chi connectivity index (χ0v) is 7.93. The lowest BCUT2D eigenvalue weighted by Gasteiger charge is -2.16. The highest BCUT2D eigenvalue weighted by molar-refractivity contribution is 5.56. The van der Waals surface area contributed by atoms with Crippen LogP contribution in [0.4, 0.5) is 0 Å². The van der Waals surface area contributed by atoms with E-state index in [1.807, 2.05) is 12.1 Å². The second-order valence-electron chi connectivity index (χ2n) is 2.66. The van der Waals surface area contributed by atoms with Crippen LogP contribution in [0.3, 0.4) is 0 Å². The van der Waals surface area contributed by atoms with Crippen LogP contribution in [-0.2, 0) is 4.79 Å². The molecule has 3 atom stereocenters. The number of carbonyl (C=O) groups is 1. The zero-order valence-electron chi connectivity index (χ0n) is 7.93. The molecule has 6 heteroatoms. The van der Waals surface area contributed by atoms with Gasteiger partial charge < -0.3 is 29.6 Å². The van der Waals surface area contributed by atoms with Gasteiger partial charge in [0.2, 0.25) is 0 Å². The number of carbonyl (C=O) groups excluding carboxylic acids is 1.